The molecule has 0 saturated carbocycles. The van der Waals surface area contributed by atoms with E-state index in [0.717, 1.165) is 39.7 Å². The van der Waals surface area contributed by atoms with Gasteiger partial charge in [-0.2, -0.15) is 0 Å². The van der Waals surface area contributed by atoms with Gasteiger partial charge in [-0.25, -0.2) is 9.59 Å². The van der Waals surface area contributed by atoms with Crippen molar-refractivity contribution in [2.75, 3.05) is 25.1 Å². The van der Waals surface area contributed by atoms with E-state index in [4.69, 9.17) is 9.47 Å². The van der Waals surface area contributed by atoms with Crippen molar-refractivity contribution in [3.63, 3.8) is 0 Å². The molecule has 0 saturated heterocycles. The van der Waals surface area contributed by atoms with Gasteiger partial charge in [-0.05, 0) is 78.2 Å². The van der Waals surface area contributed by atoms with E-state index in [1.54, 1.807) is 6.92 Å². The highest BCUT2D eigenvalue weighted by Gasteiger charge is 2.37. The lowest BCUT2D eigenvalue weighted by atomic mass is 9.86. The van der Waals surface area contributed by atoms with Gasteiger partial charge in [0.15, 0.2) is 0 Å². The van der Waals surface area contributed by atoms with Crippen molar-refractivity contribution in [3.05, 3.63) is 173 Å². The summed E-state index contributed by atoms with van der Waals surface area (Å²) in [5.74, 6) is -0.559. The molecule has 10 nitrogen and oxygen atoms in total. The maximum Gasteiger partial charge on any atom is 0.355 e. The SMILES string of the molecule is C.CCOC(=O)C1Nc2ccccc2C1CO.CCOC(=O)c1[nH]c2ccccc2c1CC1=C(Cc2c[nH]c3ccccc23)NC2C=CC=CC12.c1ccc2[nH]ccc2c1. The molecule has 0 amide bonds. The first-order valence-electron chi connectivity index (χ1n) is 20.3. The third kappa shape index (κ3) is 8.51. The van der Waals surface area contributed by atoms with Gasteiger partial charge in [0, 0.05) is 69.4 Å². The molecule has 3 aromatic heterocycles. The van der Waals surface area contributed by atoms with E-state index in [-0.39, 0.29) is 43.8 Å². The zero-order valence-corrected chi connectivity index (χ0v) is 33.2. The van der Waals surface area contributed by atoms with E-state index in [1.165, 1.54) is 33.1 Å². The molecule has 0 spiro atoms. The first-order chi connectivity index (χ1) is 29.0. The van der Waals surface area contributed by atoms with E-state index in [0.29, 0.717) is 25.3 Å². The Balaban J connectivity index is 0.000000172. The second kappa shape index (κ2) is 18.9. The Morgan fingerprint density at radius 2 is 1.42 bits per heavy atom. The number of fused-ring (bicyclic) bond motifs is 5. The highest BCUT2D eigenvalue weighted by molar-refractivity contribution is 5.98. The largest absolute Gasteiger partial charge is 0.464 e. The number of rotatable bonds is 9. The Bertz CT molecular complexity index is 2650. The third-order valence-corrected chi connectivity index (χ3v) is 11.2. The maximum absolute atomic E-state index is 12.9. The average Bonchev–Trinajstić information content (AvgIpc) is 4.11. The molecule has 308 valence electrons. The fraction of sp³-hybridized carbons (Fsp3) is 0.240. The van der Waals surface area contributed by atoms with E-state index < -0.39 is 6.04 Å². The number of H-pyrrole nitrogens is 3. The minimum absolute atomic E-state index is 0. The summed E-state index contributed by atoms with van der Waals surface area (Å²) >= 11 is 0. The summed E-state index contributed by atoms with van der Waals surface area (Å²) in [4.78, 5) is 34.4. The van der Waals surface area contributed by atoms with E-state index in [9.17, 15) is 14.7 Å². The predicted molar refractivity (Wildman–Crippen MR) is 241 cm³/mol. The Morgan fingerprint density at radius 1 is 0.717 bits per heavy atom. The Morgan fingerprint density at radius 3 is 2.20 bits per heavy atom. The standard InChI is InChI=1S/C29H27N3O2.C12H15NO3.C8H7N.CH4/c1-2-34-29(33)28-23(21-11-5-8-14-26(21)32-28)16-22-20-10-4-7-13-25(20)31-27(22)15-18-17-30-24-12-6-3-9-19(18)24;1-2-16-12(15)11-9(7-14)8-5-3-4-6-10(8)13-11;1-2-4-8-7(3-1)5-6-9-8;/h3-14,17,20,25,30-32H,2,15-16H2,1H3;3-6,9,11,13-14H,2,7H2,1H3;1-6,9H;1H4. The molecule has 10 heteroatoms. The Labute approximate surface area is 350 Å². The number of aromatic amines is 3. The van der Waals surface area contributed by atoms with Gasteiger partial charge in [0.1, 0.15) is 11.7 Å². The summed E-state index contributed by atoms with van der Waals surface area (Å²) in [7, 11) is 0. The van der Waals surface area contributed by atoms with Crippen LogP contribution in [-0.2, 0) is 27.1 Å². The van der Waals surface area contributed by atoms with Crippen LogP contribution in [0.5, 0.6) is 0 Å². The van der Waals surface area contributed by atoms with Crippen molar-refractivity contribution in [2.24, 2.45) is 5.92 Å². The van der Waals surface area contributed by atoms with Gasteiger partial charge in [-0.15, -0.1) is 0 Å². The Kier molecular flexibility index (Phi) is 13.0. The molecule has 0 bridgehead atoms. The number of para-hydroxylation sites is 4. The molecule has 4 atom stereocenters. The average molecular weight is 804 g/mol. The summed E-state index contributed by atoms with van der Waals surface area (Å²) in [5, 5.41) is 19.8. The second-order valence-electron chi connectivity index (χ2n) is 14.7. The van der Waals surface area contributed by atoms with E-state index in [1.807, 2.05) is 67.7 Å². The van der Waals surface area contributed by atoms with Crippen LogP contribution in [0.4, 0.5) is 5.69 Å². The number of anilines is 1. The summed E-state index contributed by atoms with van der Waals surface area (Å²) in [6.45, 7) is 4.25. The zero-order valence-electron chi connectivity index (χ0n) is 33.2. The minimum atomic E-state index is -0.470. The minimum Gasteiger partial charge on any atom is -0.464 e. The van der Waals surface area contributed by atoms with Crippen LogP contribution in [0, 0.1) is 5.92 Å². The fourth-order valence-corrected chi connectivity index (χ4v) is 8.44. The number of esters is 2. The number of allylic oxidation sites excluding steroid dienone is 3. The second-order valence-corrected chi connectivity index (χ2v) is 14.7. The molecule has 7 aromatic rings. The fourth-order valence-electron chi connectivity index (χ4n) is 8.44. The van der Waals surface area contributed by atoms with Gasteiger partial charge in [0.2, 0.25) is 0 Å². The maximum atomic E-state index is 12.9. The molecular formula is C50H53N5O5. The van der Waals surface area contributed by atoms with Crippen molar-refractivity contribution in [1.29, 1.82) is 0 Å². The molecule has 4 unspecified atom stereocenters. The van der Waals surface area contributed by atoms with E-state index >= 15 is 0 Å². The first-order valence-corrected chi connectivity index (χ1v) is 20.3. The molecular weight excluding hydrogens is 751 g/mol. The van der Waals surface area contributed by atoms with Gasteiger partial charge in [-0.1, -0.05) is 105 Å². The lowest BCUT2D eigenvalue weighted by Gasteiger charge is -2.19. The number of carbonyl (C=O) groups excluding carboxylic acids is 2. The van der Waals surface area contributed by atoms with Crippen LogP contribution in [0.3, 0.4) is 0 Å². The number of aromatic nitrogens is 3. The van der Waals surface area contributed by atoms with Gasteiger partial charge in [0.05, 0.1) is 25.9 Å². The molecule has 5 heterocycles. The third-order valence-electron chi connectivity index (χ3n) is 11.2. The number of nitrogens with one attached hydrogen (secondary N) is 5. The van der Waals surface area contributed by atoms with Crippen molar-refractivity contribution in [2.45, 2.75) is 52.1 Å². The van der Waals surface area contributed by atoms with Crippen molar-refractivity contribution >= 4 is 50.3 Å². The van der Waals surface area contributed by atoms with Crippen LogP contribution in [0.25, 0.3) is 32.7 Å². The molecule has 1 aliphatic carbocycles. The van der Waals surface area contributed by atoms with Gasteiger partial charge in [0.25, 0.3) is 0 Å². The van der Waals surface area contributed by atoms with Crippen molar-refractivity contribution < 1.29 is 24.2 Å². The van der Waals surface area contributed by atoms with Crippen LogP contribution in [-0.4, -0.2) is 63.9 Å². The monoisotopic (exact) mass is 803 g/mol. The number of ether oxygens (including phenoxy) is 2. The predicted octanol–water partition coefficient (Wildman–Crippen LogP) is 9.50. The van der Waals surface area contributed by atoms with Crippen LogP contribution >= 0.6 is 0 Å². The summed E-state index contributed by atoms with van der Waals surface area (Å²) in [6.07, 6.45) is 14.3. The van der Waals surface area contributed by atoms with Crippen LogP contribution in [0.15, 0.2) is 151 Å². The van der Waals surface area contributed by atoms with Crippen LogP contribution < -0.4 is 10.6 Å². The molecule has 0 radical (unpaired) electrons. The Hall–Kier alpha value is -6.78. The van der Waals surface area contributed by atoms with Crippen LogP contribution in [0.1, 0.15) is 54.4 Å². The number of aliphatic hydroxyl groups is 1. The summed E-state index contributed by atoms with van der Waals surface area (Å²) in [6, 6.07) is 34.2. The summed E-state index contributed by atoms with van der Waals surface area (Å²) in [5.41, 5.74) is 10.6. The number of hydrogen-bond donors (Lipinski definition) is 6. The molecule has 2 aliphatic heterocycles. The van der Waals surface area contributed by atoms with Crippen molar-refractivity contribution in [1.82, 2.24) is 20.3 Å². The topological polar surface area (TPSA) is 144 Å². The molecule has 0 fully saturated rings. The normalized spacial score (nSPS) is 18.3. The number of carbonyl (C=O) groups is 2. The highest BCUT2D eigenvalue weighted by atomic mass is 16.5. The number of aliphatic hydroxyl groups excluding tert-OH is 1. The first kappa shape index (κ1) is 41.4. The number of benzene rings is 4. The molecule has 6 N–H and O–H groups in total. The molecule has 4 aromatic carbocycles. The van der Waals surface area contributed by atoms with E-state index in [2.05, 4.69) is 105 Å². The van der Waals surface area contributed by atoms with Gasteiger partial charge >= 0.3 is 11.9 Å². The number of hydrogen-bond acceptors (Lipinski definition) is 7. The van der Waals surface area contributed by atoms with Crippen molar-refractivity contribution in [3.8, 4) is 0 Å². The lowest BCUT2D eigenvalue weighted by molar-refractivity contribution is -0.144. The van der Waals surface area contributed by atoms with Crippen LogP contribution in [0.2, 0.25) is 0 Å². The molecule has 10 rings (SSSR count). The molecule has 3 aliphatic rings. The summed E-state index contributed by atoms with van der Waals surface area (Å²) < 4.78 is 10.4. The quantitative estimate of drug-likeness (QED) is 0.0798. The molecule has 60 heavy (non-hydrogen) atoms. The zero-order chi connectivity index (χ0) is 40.7. The lowest BCUT2D eigenvalue weighted by Crippen LogP contribution is -2.33. The van der Waals surface area contributed by atoms with Gasteiger partial charge < -0.3 is 40.2 Å². The smallest absolute Gasteiger partial charge is 0.355 e. The van der Waals surface area contributed by atoms with Gasteiger partial charge in [-0.3, -0.25) is 0 Å². The highest BCUT2D eigenvalue weighted by Crippen LogP contribution is 2.38.